The summed E-state index contributed by atoms with van der Waals surface area (Å²) in [5.41, 5.74) is 1.67. The average Bonchev–Trinajstić information content (AvgIpc) is 2.78. The Morgan fingerprint density at radius 3 is 2.39 bits per heavy atom. The number of likely N-dealkylation sites (tertiary alicyclic amines) is 1. The standard InChI is InChI=1S/C27H37NO5/c1-18(2)31-23-11-10-20(16-24(23)30-5)26(29)28-14-12-27(13-15-28)17-25(32-19(3)4)21-8-6-7-9-22(21)33-27/h6-11,16,18-19,25-26,29H,12-15,17H2,1-5H3/t25-,26?/m1/s1. The summed E-state index contributed by atoms with van der Waals surface area (Å²) < 4.78 is 24.2. The summed E-state index contributed by atoms with van der Waals surface area (Å²) >= 11 is 0. The minimum atomic E-state index is -0.706. The van der Waals surface area contributed by atoms with Gasteiger partial charge in [0.05, 0.1) is 25.4 Å². The van der Waals surface area contributed by atoms with Crippen molar-refractivity contribution in [2.75, 3.05) is 20.2 Å². The van der Waals surface area contributed by atoms with Crippen LogP contribution in [0.5, 0.6) is 17.2 Å². The lowest BCUT2D eigenvalue weighted by atomic mass is 9.81. The molecule has 0 radical (unpaired) electrons. The Balaban J connectivity index is 1.46. The second-order valence-electron chi connectivity index (χ2n) is 9.69. The molecule has 2 heterocycles. The van der Waals surface area contributed by atoms with Gasteiger partial charge in [-0.05, 0) is 51.5 Å². The second-order valence-corrected chi connectivity index (χ2v) is 9.69. The zero-order valence-electron chi connectivity index (χ0n) is 20.4. The minimum Gasteiger partial charge on any atom is -0.493 e. The largest absolute Gasteiger partial charge is 0.493 e. The van der Waals surface area contributed by atoms with E-state index in [-0.39, 0.29) is 23.9 Å². The van der Waals surface area contributed by atoms with Crippen molar-refractivity contribution < 1.29 is 24.1 Å². The van der Waals surface area contributed by atoms with E-state index in [1.807, 2.05) is 50.2 Å². The molecular formula is C27H37NO5. The summed E-state index contributed by atoms with van der Waals surface area (Å²) in [5.74, 6) is 2.25. The predicted octanol–water partition coefficient (Wildman–Crippen LogP) is 5.26. The van der Waals surface area contributed by atoms with Gasteiger partial charge in [-0.15, -0.1) is 0 Å². The molecule has 2 aliphatic rings. The number of hydrogen-bond donors (Lipinski definition) is 1. The predicted molar refractivity (Wildman–Crippen MR) is 128 cm³/mol. The number of ether oxygens (including phenoxy) is 4. The molecule has 0 saturated carbocycles. The maximum absolute atomic E-state index is 11.1. The number of aliphatic hydroxyl groups is 1. The molecule has 0 amide bonds. The van der Waals surface area contributed by atoms with E-state index in [4.69, 9.17) is 18.9 Å². The molecule has 1 unspecified atom stereocenters. The van der Waals surface area contributed by atoms with Gasteiger partial charge in [0.2, 0.25) is 0 Å². The Morgan fingerprint density at radius 2 is 1.73 bits per heavy atom. The van der Waals surface area contributed by atoms with Crippen molar-refractivity contribution in [3.63, 3.8) is 0 Å². The summed E-state index contributed by atoms with van der Waals surface area (Å²) in [6.07, 6.45) is 2.03. The van der Waals surface area contributed by atoms with Gasteiger partial charge in [0, 0.05) is 37.9 Å². The van der Waals surface area contributed by atoms with Crippen LogP contribution in [0.3, 0.4) is 0 Å². The van der Waals surface area contributed by atoms with Gasteiger partial charge in [0.1, 0.15) is 17.6 Å². The van der Waals surface area contributed by atoms with E-state index >= 15 is 0 Å². The van der Waals surface area contributed by atoms with E-state index < -0.39 is 6.23 Å². The molecule has 2 atom stereocenters. The molecule has 33 heavy (non-hydrogen) atoms. The van der Waals surface area contributed by atoms with Crippen LogP contribution in [0.2, 0.25) is 0 Å². The number of rotatable bonds is 7. The van der Waals surface area contributed by atoms with Crippen molar-refractivity contribution in [2.24, 2.45) is 0 Å². The minimum absolute atomic E-state index is 0.0317. The van der Waals surface area contributed by atoms with E-state index in [1.54, 1.807) is 7.11 Å². The zero-order valence-corrected chi connectivity index (χ0v) is 20.4. The quantitative estimate of drug-likeness (QED) is 0.615. The Hall–Kier alpha value is -2.28. The summed E-state index contributed by atoms with van der Waals surface area (Å²) in [5, 5.41) is 11.1. The fourth-order valence-electron chi connectivity index (χ4n) is 4.90. The lowest BCUT2D eigenvalue weighted by molar-refractivity contribution is -0.109. The first kappa shape index (κ1) is 23.9. The third-order valence-corrected chi connectivity index (χ3v) is 6.49. The lowest BCUT2D eigenvalue weighted by Gasteiger charge is -2.47. The number of methoxy groups -OCH3 is 1. The first-order valence-corrected chi connectivity index (χ1v) is 12.0. The molecule has 1 saturated heterocycles. The molecule has 1 fully saturated rings. The molecule has 6 heteroatoms. The van der Waals surface area contributed by atoms with Gasteiger partial charge in [-0.1, -0.05) is 24.3 Å². The number of hydrogen-bond acceptors (Lipinski definition) is 6. The van der Waals surface area contributed by atoms with E-state index in [9.17, 15) is 5.11 Å². The molecule has 0 aromatic heterocycles. The van der Waals surface area contributed by atoms with Crippen molar-refractivity contribution in [3.05, 3.63) is 53.6 Å². The van der Waals surface area contributed by atoms with Gasteiger partial charge < -0.3 is 24.1 Å². The van der Waals surface area contributed by atoms with E-state index in [0.717, 1.165) is 49.2 Å². The summed E-state index contributed by atoms with van der Waals surface area (Å²) in [7, 11) is 1.62. The average molecular weight is 456 g/mol. The van der Waals surface area contributed by atoms with Crippen LogP contribution in [0.25, 0.3) is 0 Å². The Morgan fingerprint density at radius 1 is 1.00 bits per heavy atom. The van der Waals surface area contributed by atoms with Gasteiger partial charge in [0.15, 0.2) is 11.5 Å². The number of para-hydroxylation sites is 1. The van der Waals surface area contributed by atoms with Gasteiger partial charge in [-0.3, -0.25) is 4.90 Å². The van der Waals surface area contributed by atoms with E-state index in [2.05, 4.69) is 24.8 Å². The van der Waals surface area contributed by atoms with Crippen LogP contribution in [0.1, 0.15) is 70.4 Å². The van der Waals surface area contributed by atoms with Gasteiger partial charge >= 0.3 is 0 Å². The highest BCUT2D eigenvalue weighted by molar-refractivity contribution is 5.44. The van der Waals surface area contributed by atoms with Crippen molar-refractivity contribution in [1.82, 2.24) is 4.90 Å². The highest BCUT2D eigenvalue weighted by Gasteiger charge is 2.44. The van der Waals surface area contributed by atoms with Crippen molar-refractivity contribution in [3.8, 4) is 17.2 Å². The maximum atomic E-state index is 11.1. The maximum Gasteiger partial charge on any atom is 0.161 e. The Bertz CT molecular complexity index is 936. The fourth-order valence-corrected chi connectivity index (χ4v) is 4.90. The normalized spacial score (nSPS) is 21.0. The zero-order chi connectivity index (χ0) is 23.6. The summed E-state index contributed by atoms with van der Waals surface area (Å²) in [4.78, 5) is 2.10. The third kappa shape index (κ3) is 5.29. The number of benzene rings is 2. The number of fused-ring (bicyclic) bond motifs is 1. The lowest BCUT2D eigenvalue weighted by Crippen LogP contribution is -2.51. The molecule has 1 N–H and O–H groups in total. The highest BCUT2D eigenvalue weighted by atomic mass is 16.5. The van der Waals surface area contributed by atoms with Crippen LogP contribution in [0, 0.1) is 0 Å². The number of nitrogens with zero attached hydrogens (tertiary/aromatic N) is 1. The van der Waals surface area contributed by atoms with Gasteiger partial charge in [-0.2, -0.15) is 0 Å². The SMILES string of the molecule is COc1cc(C(O)N2CCC3(CC2)C[C@@H](OC(C)C)c2ccccc2O3)ccc1OC(C)C. The van der Waals surface area contributed by atoms with Crippen molar-refractivity contribution in [1.29, 1.82) is 0 Å². The Kier molecular flexibility index (Phi) is 7.17. The van der Waals surface area contributed by atoms with Crippen molar-refractivity contribution in [2.45, 2.75) is 77.1 Å². The van der Waals surface area contributed by atoms with Crippen LogP contribution < -0.4 is 14.2 Å². The van der Waals surface area contributed by atoms with Crippen LogP contribution in [0.15, 0.2) is 42.5 Å². The van der Waals surface area contributed by atoms with Crippen LogP contribution in [-0.4, -0.2) is 48.0 Å². The molecule has 1 spiro atoms. The van der Waals surface area contributed by atoms with Crippen molar-refractivity contribution >= 4 is 0 Å². The molecule has 2 aliphatic heterocycles. The Labute approximate surface area is 197 Å². The topological polar surface area (TPSA) is 60.4 Å². The van der Waals surface area contributed by atoms with Gasteiger partial charge in [0.25, 0.3) is 0 Å². The summed E-state index contributed by atoms with van der Waals surface area (Å²) in [6, 6.07) is 13.9. The van der Waals surface area contributed by atoms with Crippen LogP contribution in [0.4, 0.5) is 0 Å². The molecule has 6 nitrogen and oxygen atoms in total. The van der Waals surface area contributed by atoms with E-state index in [1.165, 1.54) is 0 Å². The first-order chi connectivity index (χ1) is 15.8. The van der Waals surface area contributed by atoms with Crippen LogP contribution >= 0.6 is 0 Å². The number of aliphatic hydroxyl groups excluding tert-OH is 1. The van der Waals surface area contributed by atoms with E-state index in [0.29, 0.717) is 11.5 Å². The second kappa shape index (κ2) is 9.92. The molecule has 0 bridgehead atoms. The third-order valence-electron chi connectivity index (χ3n) is 6.49. The molecule has 4 rings (SSSR count). The molecular weight excluding hydrogens is 418 g/mol. The summed E-state index contributed by atoms with van der Waals surface area (Å²) in [6.45, 7) is 9.60. The molecule has 0 aliphatic carbocycles. The monoisotopic (exact) mass is 455 g/mol. The molecule has 2 aromatic rings. The highest BCUT2D eigenvalue weighted by Crippen LogP contribution is 2.46. The smallest absolute Gasteiger partial charge is 0.161 e. The first-order valence-electron chi connectivity index (χ1n) is 12.0. The number of piperidine rings is 1. The van der Waals surface area contributed by atoms with Crippen LogP contribution in [-0.2, 0) is 4.74 Å². The molecule has 2 aromatic carbocycles. The molecule has 180 valence electrons. The fraction of sp³-hybridized carbons (Fsp3) is 0.556. The van der Waals surface area contributed by atoms with Gasteiger partial charge in [-0.25, -0.2) is 0 Å².